The molecule has 0 bridgehead atoms. The van der Waals surface area contributed by atoms with Crippen molar-refractivity contribution in [2.45, 2.75) is 38.1 Å². The molecule has 2 rings (SSSR count). The molecular weight excluding hydrogens is 295 g/mol. The maximum absolute atomic E-state index is 12.2. The van der Waals surface area contributed by atoms with Crippen molar-refractivity contribution in [2.24, 2.45) is 0 Å². The molecule has 1 aromatic carbocycles. The zero-order valence-corrected chi connectivity index (χ0v) is 13.2. The first kappa shape index (κ1) is 15.6. The van der Waals surface area contributed by atoms with Gasteiger partial charge in [-0.2, -0.15) is 0 Å². The Bertz CT molecular complexity index is 485. The SMILES string of the molecule is CC1(C(=O)NCCc2ccc(Cl)cc2Cl)CCCCN1. The Balaban J connectivity index is 1.84. The molecule has 1 aliphatic rings. The van der Waals surface area contributed by atoms with Gasteiger partial charge in [-0.3, -0.25) is 4.79 Å². The summed E-state index contributed by atoms with van der Waals surface area (Å²) in [6, 6.07) is 5.44. The van der Waals surface area contributed by atoms with E-state index in [1.54, 1.807) is 6.07 Å². The molecule has 1 unspecified atom stereocenters. The minimum absolute atomic E-state index is 0.0716. The van der Waals surface area contributed by atoms with Crippen LogP contribution in [0.1, 0.15) is 31.7 Å². The predicted octanol–water partition coefficient (Wildman–Crippen LogP) is 3.18. The average molecular weight is 315 g/mol. The molecule has 0 saturated carbocycles. The third-order valence-electron chi connectivity index (χ3n) is 3.81. The smallest absolute Gasteiger partial charge is 0.240 e. The third kappa shape index (κ3) is 3.87. The van der Waals surface area contributed by atoms with E-state index in [1.807, 2.05) is 19.1 Å². The maximum Gasteiger partial charge on any atom is 0.240 e. The van der Waals surface area contributed by atoms with E-state index >= 15 is 0 Å². The van der Waals surface area contributed by atoms with Crippen molar-refractivity contribution in [3.8, 4) is 0 Å². The van der Waals surface area contributed by atoms with Crippen molar-refractivity contribution in [3.63, 3.8) is 0 Å². The lowest BCUT2D eigenvalue weighted by Crippen LogP contribution is -2.57. The fourth-order valence-corrected chi connectivity index (χ4v) is 2.98. The summed E-state index contributed by atoms with van der Waals surface area (Å²) in [6.07, 6.45) is 3.83. The van der Waals surface area contributed by atoms with Crippen LogP contribution in [0, 0.1) is 0 Å². The van der Waals surface area contributed by atoms with E-state index in [1.165, 1.54) is 0 Å². The summed E-state index contributed by atoms with van der Waals surface area (Å²) in [4.78, 5) is 12.2. The average Bonchev–Trinajstić information content (AvgIpc) is 2.42. The van der Waals surface area contributed by atoms with Gasteiger partial charge in [0, 0.05) is 16.6 Å². The number of hydrogen-bond donors (Lipinski definition) is 2. The normalized spacial score (nSPS) is 22.6. The first-order valence-electron chi connectivity index (χ1n) is 6.98. The summed E-state index contributed by atoms with van der Waals surface area (Å²) in [5, 5.41) is 7.57. The van der Waals surface area contributed by atoms with Gasteiger partial charge in [0.05, 0.1) is 5.54 Å². The Morgan fingerprint density at radius 3 is 2.85 bits per heavy atom. The fraction of sp³-hybridized carbons (Fsp3) is 0.533. The predicted molar refractivity (Wildman–Crippen MR) is 83.4 cm³/mol. The summed E-state index contributed by atoms with van der Waals surface area (Å²) >= 11 is 12.0. The van der Waals surface area contributed by atoms with Crippen molar-refractivity contribution >= 4 is 29.1 Å². The van der Waals surface area contributed by atoms with Crippen molar-refractivity contribution in [2.75, 3.05) is 13.1 Å². The molecular formula is C15H20Cl2N2O. The highest BCUT2D eigenvalue weighted by atomic mass is 35.5. The molecule has 1 amide bonds. The maximum atomic E-state index is 12.2. The molecule has 3 nitrogen and oxygen atoms in total. The van der Waals surface area contributed by atoms with Crippen molar-refractivity contribution in [1.29, 1.82) is 0 Å². The van der Waals surface area contributed by atoms with Gasteiger partial charge in [-0.15, -0.1) is 0 Å². The molecule has 20 heavy (non-hydrogen) atoms. The number of piperidine rings is 1. The summed E-state index contributed by atoms with van der Waals surface area (Å²) in [5.41, 5.74) is 0.570. The van der Waals surface area contributed by atoms with Gasteiger partial charge in [0.15, 0.2) is 0 Å². The number of carbonyl (C=O) groups excluding carboxylic acids is 1. The van der Waals surface area contributed by atoms with Crippen LogP contribution in [-0.2, 0) is 11.2 Å². The minimum atomic E-state index is -0.429. The molecule has 1 atom stereocenters. The van der Waals surface area contributed by atoms with Gasteiger partial charge in [0.2, 0.25) is 5.91 Å². The van der Waals surface area contributed by atoms with Crippen molar-refractivity contribution in [1.82, 2.24) is 10.6 Å². The number of rotatable bonds is 4. The Morgan fingerprint density at radius 2 is 2.20 bits per heavy atom. The molecule has 0 radical (unpaired) electrons. The zero-order valence-electron chi connectivity index (χ0n) is 11.6. The minimum Gasteiger partial charge on any atom is -0.354 e. The lowest BCUT2D eigenvalue weighted by molar-refractivity contribution is -0.127. The Morgan fingerprint density at radius 1 is 1.40 bits per heavy atom. The zero-order chi connectivity index (χ0) is 14.6. The van der Waals surface area contributed by atoms with Gasteiger partial charge in [-0.05, 0) is 56.8 Å². The van der Waals surface area contributed by atoms with E-state index in [-0.39, 0.29) is 5.91 Å². The van der Waals surface area contributed by atoms with Crippen LogP contribution in [0.2, 0.25) is 10.0 Å². The van der Waals surface area contributed by atoms with E-state index in [0.29, 0.717) is 23.0 Å². The first-order valence-corrected chi connectivity index (χ1v) is 7.74. The number of halogens is 2. The topological polar surface area (TPSA) is 41.1 Å². The van der Waals surface area contributed by atoms with Crippen LogP contribution < -0.4 is 10.6 Å². The molecule has 1 saturated heterocycles. The molecule has 110 valence electrons. The highest BCUT2D eigenvalue weighted by molar-refractivity contribution is 6.35. The third-order valence-corrected chi connectivity index (χ3v) is 4.40. The molecule has 0 spiro atoms. The number of nitrogens with one attached hydrogen (secondary N) is 2. The van der Waals surface area contributed by atoms with E-state index < -0.39 is 5.54 Å². The molecule has 1 aliphatic heterocycles. The Labute approximate surface area is 130 Å². The van der Waals surface area contributed by atoms with E-state index in [0.717, 1.165) is 31.4 Å². The number of carbonyl (C=O) groups is 1. The molecule has 1 fully saturated rings. The number of amides is 1. The van der Waals surface area contributed by atoms with Crippen LogP contribution >= 0.6 is 23.2 Å². The summed E-state index contributed by atoms with van der Waals surface area (Å²) < 4.78 is 0. The Hall–Kier alpha value is -0.770. The summed E-state index contributed by atoms with van der Waals surface area (Å²) in [5.74, 6) is 0.0716. The first-order chi connectivity index (χ1) is 9.51. The quantitative estimate of drug-likeness (QED) is 0.896. The second-order valence-corrected chi connectivity index (χ2v) is 6.30. The van der Waals surface area contributed by atoms with Crippen molar-refractivity contribution in [3.05, 3.63) is 33.8 Å². The fourth-order valence-electron chi connectivity index (χ4n) is 2.48. The summed E-state index contributed by atoms with van der Waals surface area (Å²) in [7, 11) is 0. The lowest BCUT2D eigenvalue weighted by atomic mass is 9.90. The van der Waals surface area contributed by atoms with Crippen LogP contribution in [0.3, 0.4) is 0 Å². The lowest BCUT2D eigenvalue weighted by Gasteiger charge is -2.33. The van der Waals surface area contributed by atoms with Crippen LogP contribution in [0.15, 0.2) is 18.2 Å². The van der Waals surface area contributed by atoms with E-state index in [2.05, 4.69) is 10.6 Å². The van der Waals surface area contributed by atoms with Gasteiger partial charge in [0.25, 0.3) is 0 Å². The van der Waals surface area contributed by atoms with E-state index in [4.69, 9.17) is 23.2 Å². The van der Waals surface area contributed by atoms with Gasteiger partial charge in [0.1, 0.15) is 0 Å². The van der Waals surface area contributed by atoms with Crippen molar-refractivity contribution < 1.29 is 4.79 Å². The monoisotopic (exact) mass is 314 g/mol. The second kappa shape index (κ2) is 6.79. The van der Waals surface area contributed by atoms with Crippen LogP contribution in [0.4, 0.5) is 0 Å². The number of hydrogen-bond acceptors (Lipinski definition) is 2. The molecule has 0 aromatic heterocycles. The second-order valence-electron chi connectivity index (χ2n) is 5.46. The molecule has 1 heterocycles. The molecule has 2 N–H and O–H groups in total. The molecule has 1 aromatic rings. The molecule has 0 aliphatic carbocycles. The molecule has 5 heteroatoms. The number of benzene rings is 1. The standard InChI is InChI=1S/C15H20Cl2N2O/c1-15(7-2-3-8-19-15)14(20)18-9-6-11-4-5-12(16)10-13(11)17/h4-5,10,19H,2-3,6-9H2,1H3,(H,18,20). The van der Waals surface area contributed by atoms with Crippen LogP contribution in [0.5, 0.6) is 0 Å². The van der Waals surface area contributed by atoms with Crippen LogP contribution in [-0.4, -0.2) is 24.5 Å². The summed E-state index contributed by atoms with van der Waals surface area (Å²) in [6.45, 7) is 3.46. The highest BCUT2D eigenvalue weighted by Crippen LogP contribution is 2.21. The van der Waals surface area contributed by atoms with Gasteiger partial charge in [-0.1, -0.05) is 29.3 Å². The largest absolute Gasteiger partial charge is 0.354 e. The Kier molecular flexibility index (Phi) is 5.30. The highest BCUT2D eigenvalue weighted by Gasteiger charge is 2.33. The van der Waals surface area contributed by atoms with E-state index in [9.17, 15) is 4.79 Å². The van der Waals surface area contributed by atoms with Gasteiger partial charge < -0.3 is 10.6 Å². The van der Waals surface area contributed by atoms with Crippen LogP contribution in [0.25, 0.3) is 0 Å². The van der Waals surface area contributed by atoms with Gasteiger partial charge in [-0.25, -0.2) is 0 Å². The van der Waals surface area contributed by atoms with Gasteiger partial charge >= 0.3 is 0 Å².